The number of carbonyl (C=O) groups is 3. The second kappa shape index (κ2) is 6.04. The molecule has 5 heteroatoms. The van der Waals surface area contributed by atoms with Gasteiger partial charge in [0.2, 0.25) is 11.8 Å². The lowest BCUT2D eigenvalue weighted by molar-refractivity contribution is -0.136. The van der Waals surface area contributed by atoms with Crippen molar-refractivity contribution >= 4 is 17.6 Å². The molecule has 2 amide bonds. The Labute approximate surface area is 119 Å². The predicted molar refractivity (Wildman–Crippen MR) is 72.6 cm³/mol. The van der Waals surface area contributed by atoms with Crippen LogP contribution in [-0.2, 0) is 14.4 Å². The van der Waals surface area contributed by atoms with Crippen LogP contribution in [0.1, 0.15) is 46.0 Å². The van der Waals surface area contributed by atoms with Crippen LogP contribution in [0.2, 0.25) is 0 Å². The number of aliphatic hydroxyl groups is 1. The molecule has 2 rings (SSSR count). The summed E-state index contributed by atoms with van der Waals surface area (Å²) in [6.07, 6.45) is 1.72. The van der Waals surface area contributed by atoms with Gasteiger partial charge in [0, 0.05) is 24.7 Å². The lowest BCUT2D eigenvalue weighted by Gasteiger charge is -2.34. The van der Waals surface area contributed by atoms with Crippen LogP contribution in [0.4, 0.5) is 0 Å². The lowest BCUT2D eigenvalue weighted by atomic mass is 9.71. The summed E-state index contributed by atoms with van der Waals surface area (Å²) in [6.45, 7) is 4.01. The van der Waals surface area contributed by atoms with E-state index in [1.807, 2.05) is 6.92 Å². The van der Waals surface area contributed by atoms with Gasteiger partial charge in [-0.25, -0.2) is 0 Å². The molecule has 1 saturated carbocycles. The Hall–Kier alpha value is -1.23. The third-order valence-corrected chi connectivity index (χ3v) is 4.53. The molecule has 1 aliphatic carbocycles. The fourth-order valence-electron chi connectivity index (χ4n) is 3.60. The van der Waals surface area contributed by atoms with E-state index in [0.717, 1.165) is 6.42 Å². The molecule has 112 valence electrons. The molecule has 1 aliphatic heterocycles. The summed E-state index contributed by atoms with van der Waals surface area (Å²) in [5, 5.41) is 12.6. The zero-order chi connectivity index (χ0) is 14.9. The normalized spacial score (nSPS) is 34.0. The van der Waals surface area contributed by atoms with Crippen LogP contribution in [0.15, 0.2) is 0 Å². The van der Waals surface area contributed by atoms with Gasteiger partial charge in [0.05, 0.1) is 6.10 Å². The molecule has 20 heavy (non-hydrogen) atoms. The third-order valence-electron chi connectivity index (χ3n) is 4.53. The molecular formula is C15H23NO4. The van der Waals surface area contributed by atoms with E-state index in [-0.39, 0.29) is 48.2 Å². The van der Waals surface area contributed by atoms with Gasteiger partial charge in [0.1, 0.15) is 5.78 Å². The van der Waals surface area contributed by atoms with E-state index in [4.69, 9.17) is 0 Å². The molecule has 4 atom stereocenters. The number of imide groups is 1. The van der Waals surface area contributed by atoms with Gasteiger partial charge in [-0.15, -0.1) is 0 Å². The first-order chi connectivity index (χ1) is 9.36. The highest BCUT2D eigenvalue weighted by Crippen LogP contribution is 2.34. The summed E-state index contributed by atoms with van der Waals surface area (Å²) in [4.78, 5) is 34.8. The number of Topliss-reactive ketones (excluding diaryl/α,β-unsaturated/α-hetero) is 1. The van der Waals surface area contributed by atoms with E-state index >= 15 is 0 Å². The van der Waals surface area contributed by atoms with Gasteiger partial charge in [-0.05, 0) is 31.1 Å². The minimum atomic E-state index is -0.739. The number of nitrogens with one attached hydrogen (secondary N) is 1. The minimum Gasteiger partial charge on any atom is -0.392 e. The largest absolute Gasteiger partial charge is 0.392 e. The van der Waals surface area contributed by atoms with Gasteiger partial charge in [0.15, 0.2) is 0 Å². The Balaban J connectivity index is 1.96. The Bertz CT molecular complexity index is 404. The monoisotopic (exact) mass is 281 g/mol. The molecule has 1 saturated heterocycles. The van der Waals surface area contributed by atoms with Crippen molar-refractivity contribution < 1.29 is 19.5 Å². The number of carbonyl (C=O) groups excluding carboxylic acids is 3. The second-order valence-corrected chi connectivity index (χ2v) is 6.54. The molecule has 0 unspecified atom stereocenters. The average Bonchev–Trinajstić information content (AvgIpc) is 2.32. The smallest absolute Gasteiger partial charge is 0.226 e. The van der Waals surface area contributed by atoms with Crippen LogP contribution in [0.25, 0.3) is 0 Å². The molecule has 0 radical (unpaired) electrons. The van der Waals surface area contributed by atoms with Crippen LogP contribution < -0.4 is 5.32 Å². The number of hydrogen-bond donors (Lipinski definition) is 2. The number of rotatable bonds is 3. The van der Waals surface area contributed by atoms with Crippen molar-refractivity contribution in [3.05, 3.63) is 0 Å². The maximum atomic E-state index is 12.2. The summed E-state index contributed by atoms with van der Waals surface area (Å²) in [5.74, 6) is -0.499. The summed E-state index contributed by atoms with van der Waals surface area (Å²) in [5.41, 5.74) is 0. The Morgan fingerprint density at radius 3 is 2.35 bits per heavy atom. The molecule has 0 spiro atoms. The molecule has 0 bridgehead atoms. The summed E-state index contributed by atoms with van der Waals surface area (Å²) in [7, 11) is 0. The van der Waals surface area contributed by atoms with Crippen molar-refractivity contribution in [2.24, 2.45) is 23.7 Å². The zero-order valence-corrected chi connectivity index (χ0v) is 12.1. The molecular weight excluding hydrogens is 258 g/mol. The summed E-state index contributed by atoms with van der Waals surface area (Å²) >= 11 is 0. The van der Waals surface area contributed by atoms with Crippen molar-refractivity contribution in [3.63, 3.8) is 0 Å². The van der Waals surface area contributed by atoms with Crippen LogP contribution in [0.3, 0.4) is 0 Å². The quantitative estimate of drug-likeness (QED) is 0.757. The number of aliphatic hydroxyl groups excluding tert-OH is 1. The fraction of sp³-hybridized carbons (Fsp3) is 0.800. The lowest BCUT2D eigenvalue weighted by Crippen LogP contribution is -2.42. The van der Waals surface area contributed by atoms with E-state index < -0.39 is 6.10 Å². The van der Waals surface area contributed by atoms with E-state index in [2.05, 4.69) is 12.2 Å². The molecule has 0 aromatic carbocycles. The third kappa shape index (κ3) is 3.45. The van der Waals surface area contributed by atoms with Crippen LogP contribution in [0, 0.1) is 23.7 Å². The Kier molecular flexibility index (Phi) is 4.58. The number of hydrogen-bond acceptors (Lipinski definition) is 4. The van der Waals surface area contributed by atoms with E-state index in [0.29, 0.717) is 18.8 Å². The number of amides is 2. The first kappa shape index (κ1) is 15.2. The first-order valence-corrected chi connectivity index (χ1v) is 7.41. The molecule has 2 N–H and O–H groups in total. The average molecular weight is 281 g/mol. The fourth-order valence-corrected chi connectivity index (χ4v) is 3.60. The van der Waals surface area contributed by atoms with Crippen molar-refractivity contribution in [2.75, 3.05) is 0 Å². The van der Waals surface area contributed by atoms with Gasteiger partial charge < -0.3 is 5.11 Å². The SMILES string of the molecule is C[C@H]1C[C@@H](C)C(=O)[C@@H]([C@@H](O)CC2CC(=O)NC(=O)C2)C1. The highest BCUT2D eigenvalue weighted by atomic mass is 16.3. The Morgan fingerprint density at radius 1 is 1.15 bits per heavy atom. The van der Waals surface area contributed by atoms with Crippen molar-refractivity contribution in [1.29, 1.82) is 0 Å². The van der Waals surface area contributed by atoms with E-state index in [9.17, 15) is 19.5 Å². The molecule has 2 fully saturated rings. The van der Waals surface area contributed by atoms with Gasteiger partial charge in [-0.3, -0.25) is 19.7 Å². The summed E-state index contributed by atoms with van der Waals surface area (Å²) in [6, 6.07) is 0. The molecule has 0 aromatic rings. The minimum absolute atomic E-state index is 0.00492. The molecule has 5 nitrogen and oxygen atoms in total. The van der Waals surface area contributed by atoms with Crippen molar-refractivity contribution in [3.8, 4) is 0 Å². The van der Waals surface area contributed by atoms with Gasteiger partial charge >= 0.3 is 0 Å². The van der Waals surface area contributed by atoms with E-state index in [1.165, 1.54) is 0 Å². The van der Waals surface area contributed by atoms with Gasteiger partial charge in [-0.1, -0.05) is 13.8 Å². The molecule has 1 heterocycles. The zero-order valence-electron chi connectivity index (χ0n) is 12.1. The van der Waals surface area contributed by atoms with Gasteiger partial charge in [0.25, 0.3) is 0 Å². The molecule has 2 aliphatic rings. The highest BCUT2D eigenvalue weighted by molar-refractivity contribution is 5.97. The van der Waals surface area contributed by atoms with Crippen molar-refractivity contribution in [1.82, 2.24) is 5.32 Å². The van der Waals surface area contributed by atoms with Crippen molar-refractivity contribution in [2.45, 2.75) is 52.1 Å². The van der Waals surface area contributed by atoms with Crippen LogP contribution in [0.5, 0.6) is 0 Å². The first-order valence-electron chi connectivity index (χ1n) is 7.41. The second-order valence-electron chi connectivity index (χ2n) is 6.54. The highest BCUT2D eigenvalue weighted by Gasteiger charge is 2.38. The summed E-state index contributed by atoms with van der Waals surface area (Å²) < 4.78 is 0. The Morgan fingerprint density at radius 2 is 1.75 bits per heavy atom. The number of ketones is 1. The standard InChI is InChI=1S/C15H23NO4/c1-8-3-9(2)15(20)11(4-8)12(17)5-10-6-13(18)16-14(19)7-10/h8-12,17H,3-7H2,1-2H3,(H,16,18,19)/t8-,9+,11+,12-/m0/s1. The van der Waals surface area contributed by atoms with Gasteiger partial charge in [-0.2, -0.15) is 0 Å². The van der Waals surface area contributed by atoms with Crippen LogP contribution in [-0.4, -0.2) is 28.8 Å². The maximum Gasteiger partial charge on any atom is 0.226 e. The van der Waals surface area contributed by atoms with Crippen LogP contribution >= 0.6 is 0 Å². The predicted octanol–water partition coefficient (Wildman–Crippen LogP) is 1.04. The number of piperidine rings is 1. The molecule has 0 aromatic heterocycles. The topological polar surface area (TPSA) is 83.5 Å². The maximum absolute atomic E-state index is 12.2. The van der Waals surface area contributed by atoms with E-state index in [1.54, 1.807) is 0 Å².